The van der Waals surface area contributed by atoms with Crippen LogP contribution in [0.4, 0.5) is 0 Å². The minimum absolute atomic E-state index is 0.00810. The molecule has 1 aromatic carbocycles. The van der Waals surface area contributed by atoms with Gasteiger partial charge in [-0.1, -0.05) is 23.7 Å². The van der Waals surface area contributed by atoms with Crippen LogP contribution in [0.1, 0.15) is 11.1 Å². The van der Waals surface area contributed by atoms with Gasteiger partial charge in [0.05, 0.1) is 19.8 Å². The summed E-state index contributed by atoms with van der Waals surface area (Å²) in [6, 6.07) is 5.23. The monoisotopic (exact) mass is 242 g/mol. The summed E-state index contributed by atoms with van der Waals surface area (Å²) >= 11 is 6.02. The van der Waals surface area contributed by atoms with Crippen LogP contribution < -0.4 is 5.73 Å². The Bertz CT molecular complexity index is 369. The van der Waals surface area contributed by atoms with E-state index in [-0.39, 0.29) is 5.84 Å². The lowest BCUT2D eigenvalue weighted by atomic mass is 10.1. The van der Waals surface area contributed by atoms with E-state index in [9.17, 15) is 0 Å². The number of nitrogens with two attached hydrogens (primary N) is 1. The Kier molecular flexibility index (Phi) is 5.25. The van der Waals surface area contributed by atoms with Crippen LogP contribution in [0.15, 0.2) is 18.2 Å². The molecule has 1 rings (SSSR count). The van der Waals surface area contributed by atoms with Crippen molar-refractivity contribution in [2.24, 2.45) is 5.73 Å². The van der Waals surface area contributed by atoms with E-state index in [1.807, 2.05) is 6.07 Å². The van der Waals surface area contributed by atoms with Gasteiger partial charge in [-0.05, 0) is 11.6 Å². The summed E-state index contributed by atoms with van der Waals surface area (Å²) in [5, 5.41) is 7.83. The standard InChI is InChI=1S/C11H15ClN2O2/c1-15-4-5-16-7-9-3-2-8(11(13)14)6-10(9)12/h2-3,6H,4-5,7H2,1H3,(H3,13,14). The number of hydrogen-bond donors (Lipinski definition) is 2. The fourth-order valence-corrected chi connectivity index (χ4v) is 1.39. The predicted octanol–water partition coefficient (Wildman–Crippen LogP) is 1.79. The molecule has 0 amide bonds. The summed E-state index contributed by atoms with van der Waals surface area (Å²) in [4.78, 5) is 0. The number of nitrogen functional groups attached to an aromatic ring is 1. The van der Waals surface area contributed by atoms with E-state index in [0.717, 1.165) is 5.56 Å². The third kappa shape index (κ3) is 3.81. The largest absolute Gasteiger partial charge is 0.384 e. The second-order valence-corrected chi connectivity index (χ2v) is 3.67. The molecule has 0 aliphatic rings. The first-order valence-corrected chi connectivity index (χ1v) is 5.22. The molecule has 0 aromatic heterocycles. The highest BCUT2D eigenvalue weighted by Crippen LogP contribution is 2.18. The first kappa shape index (κ1) is 13.0. The third-order valence-corrected chi connectivity index (χ3v) is 2.41. The minimum Gasteiger partial charge on any atom is -0.384 e. The van der Waals surface area contributed by atoms with Gasteiger partial charge in [0, 0.05) is 17.7 Å². The summed E-state index contributed by atoms with van der Waals surface area (Å²) in [6.07, 6.45) is 0. The van der Waals surface area contributed by atoms with Gasteiger partial charge in [-0.25, -0.2) is 0 Å². The number of benzene rings is 1. The van der Waals surface area contributed by atoms with Crippen LogP contribution in [0, 0.1) is 5.41 Å². The van der Waals surface area contributed by atoms with Gasteiger partial charge >= 0.3 is 0 Å². The van der Waals surface area contributed by atoms with Gasteiger partial charge in [-0.2, -0.15) is 0 Å². The molecule has 16 heavy (non-hydrogen) atoms. The Balaban J connectivity index is 2.57. The molecule has 0 atom stereocenters. The molecule has 0 radical (unpaired) electrons. The van der Waals surface area contributed by atoms with E-state index in [2.05, 4.69) is 0 Å². The topological polar surface area (TPSA) is 68.3 Å². The molecule has 0 saturated carbocycles. The smallest absolute Gasteiger partial charge is 0.122 e. The summed E-state index contributed by atoms with van der Waals surface area (Å²) in [6.45, 7) is 1.52. The van der Waals surface area contributed by atoms with E-state index >= 15 is 0 Å². The molecule has 0 aliphatic heterocycles. The van der Waals surface area contributed by atoms with Gasteiger partial charge in [0.2, 0.25) is 0 Å². The summed E-state index contributed by atoms with van der Waals surface area (Å²) in [5.41, 5.74) is 6.84. The Labute approximate surface area is 99.8 Å². The van der Waals surface area contributed by atoms with Crippen molar-refractivity contribution in [2.75, 3.05) is 20.3 Å². The lowest BCUT2D eigenvalue weighted by Crippen LogP contribution is -2.11. The normalized spacial score (nSPS) is 10.4. The van der Waals surface area contributed by atoms with Gasteiger partial charge in [0.1, 0.15) is 5.84 Å². The molecule has 0 unspecified atom stereocenters. The summed E-state index contributed by atoms with van der Waals surface area (Å²) < 4.78 is 10.2. The first-order valence-electron chi connectivity index (χ1n) is 4.84. The number of nitrogens with one attached hydrogen (secondary N) is 1. The average molecular weight is 243 g/mol. The van der Waals surface area contributed by atoms with Crippen molar-refractivity contribution in [1.29, 1.82) is 5.41 Å². The second kappa shape index (κ2) is 6.48. The lowest BCUT2D eigenvalue weighted by molar-refractivity contribution is 0.0617. The molecule has 1 aromatic rings. The van der Waals surface area contributed by atoms with Gasteiger partial charge in [0.15, 0.2) is 0 Å². The molecular formula is C11H15ClN2O2. The quantitative estimate of drug-likeness (QED) is 0.454. The third-order valence-electron chi connectivity index (χ3n) is 2.05. The zero-order valence-electron chi connectivity index (χ0n) is 9.13. The van der Waals surface area contributed by atoms with Crippen LogP contribution in [-0.2, 0) is 16.1 Å². The summed E-state index contributed by atoms with van der Waals surface area (Å²) in [5.74, 6) is 0.00810. The van der Waals surface area contributed by atoms with Crippen molar-refractivity contribution < 1.29 is 9.47 Å². The van der Waals surface area contributed by atoms with Crippen LogP contribution in [0.2, 0.25) is 5.02 Å². The lowest BCUT2D eigenvalue weighted by Gasteiger charge is -2.07. The van der Waals surface area contributed by atoms with Crippen LogP contribution >= 0.6 is 11.6 Å². The van der Waals surface area contributed by atoms with Crippen LogP contribution in [0.5, 0.6) is 0 Å². The van der Waals surface area contributed by atoms with E-state index in [1.54, 1.807) is 19.2 Å². The number of halogens is 1. The maximum atomic E-state index is 7.27. The highest BCUT2D eigenvalue weighted by atomic mass is 35.5. The van der Waals surface area contributed by atoms with Gasteiger partial charge in [0.25, 0.3) is 0 Å². The maximum absolute atomic E-state index is 7.27. The van der Waals surface area contributed by atoms with E-state index in [4.69, 9.17) is 32.2 Å². The summed E-state index contributed by atoms with van der Waals surface area (Å²) in [7, 11) is 1.62. The Hall–Kier alpha value is -1.10. The molecule has 0 spiro atoms. The Morgan fingerprint density at radius 2 is 2.19 bits per heavy atom. The van der Waals surface area contributed by atoms with Gasteiger partial charge < -0.3 is 15.2 Å². The van der Waals surface area contributed by atoms with E-state index in [1.165, 1.54) is 0 Å². The van der Waals surface area contributed by atoms with Crippen molar-refractivity contribution in [3.05, 3.63) is 34.3 Å². The van der Waals surface area contributed by atoms with E-state index in [0.29, 0.717) is 30.4 Å². The number of ether oxygens (including phenoxy) is 2. The first-order chi connectivity index (χ1) is 7.65. The van der Waals surface area contributed by atoms with Crippen LogP contribution in [0.25, 0.3) is 0 Å². The van der Waals surface area contributed by atoms with Crippen molar-refractivity contribution >= 4 is 17.4 Å². The number of rotatable bonds is 6. The van der Waals surface area contributed by atoms with Crippen molar-refractivity contribution in [3.63, 3.8) is 0 Å². The molecule has 5 heteroatoms. The molecule has 0 heterocycles. The second-order valence-electron chi connectivity index (χ2n) is 3.27. The molecule has 0 fully saturated rings. The van der Waals surface area contributed by atoms with E-state index < -0.39 is 0 Å². The molecular weight excluding hydrogens is 228 g/mol. The van der Waals surface area contributed by atoms with Gasteiger partial charge in [-0.3, -0.25) is 5.41 Å². The number of amidine groups is 1. The highest BCUT2D eigenvalue weighted by molar-refractivity contribution is 6.31. The fraction of sp³-hybridized carbons (Fsp3) is 0.364. The fourth-order valence-electron chi connectivity index (χ4n) is 1.16. The Morgan fingerprint density at radius 3 is 2.75 bits per heavy atom. The van der Waals surface area contributed by atoms with Gasteiger partial charge in [-0.15, -0.1) is 0 Å². The van der Waals surface area contributed by atoms with Crippen LogP contribution in [-0.4, -0.2) is 26.2 Å². The SMILES string of the molecule is COCCOCc1ccc(C(=N)N)cc1Cl. The number of methoxy groups -OCH3 is 1. The Morgan fingerprint density at radius 1 is 1.44 bits per heavy atom. The van der Waals surface area contributed by atoms with Crippen molar-refractivity contribution in [3.8, 4) is 0 Å². The highest BCUT2D eigenvalue weighted by Gasteiger charge is 2.03. The molecule has 3 N–H and O–H groups in total. The molecule has 0 bridgehead atoms. The van der Waals surface area contributed by atoms with Crippen LogP contribution in [0.3, 0.4) is 0 Å². The van der Waals surface area contributed by atoms with Crippen molar-refractivity contribution in [2.45, 2.75) is 6.61 Å². The molecule has 88 valence electrons. The maximum Gasteiger partial charge on any atom is 0.122 e. The van der Waals surface area contributed by atoms with Crippen molar-refractivity contribution in [1.82, 2.24) is 0 Å². The molecule has 4 nitrogen and oxygen atoms in total. The minimum atomic E-state index is 0.00810. The zero-order valence-corrected chi connectivity index (χ0v) is 9.88. The predicted molar refractivity (Wildman–Crippen MR) is 64.0 cm³/mol. The zero-order chi connectivity index (χ0) is 12.0. The number of hydrogen-bond acceptors (Lipinski definition) is 3. The molecule has 0 saturated heterocycles. The molecule has 0 aliphatic carbocycles. The average Bonchev–Trinajstić information content (AvgIpc) is 2.26.